The Balaban J connectivity index is 1.32. The zero-order valence-corrected chi connectivity index (χ0v) is 18.4. The van der Waals surface area contributed by atoms with E-state index in [0.717, 1.165) is 34.2 Å². The maximum absolute atomic E-state index is 11.9. The van der Waals surface area contributed by atoms with Gasteiger partial charge in [0.05, 0.1) is 4.88 Å². The summed E-state index contributed by atoms with van der Waals surface area (Å²) in [7, 11) is 0. The van der Waals surface area contributed by atoms with E-state index in [0.29, 0.717) is 13.0 Å². The van der Waals surface area contributed by atoms with Gasteiger partial charge in [-0.25, -0.2) is 9.78 Å². The van der Waals surface area contributed by atoms with Gasteiger partial charge in [0.25, 0.3) is 0 Å². The van der Waals surface area contributed by atoms with Crippen LogP contribution in [0.2, 0.25) is 0 Å². The van der Waals surface area contributed by atoms with E-state index in [9.17, 15) is 9.90 Å². The fourth-order valence-corrected chi connectivity index (χ4v) is 4.55. The minimum absolute atomic E-state index is 0.176. The highest BCUT2D eigenvalue weighted by atomic mass is 32.1. The molecule has 2 saturated heterocycles. The summed E-state index contributed by atoms with van der Waals surface area (Å²) in [4.78, 5) is 19.9. The van der Waals surface area contributed by atoms with Gasteiger partial charge in [-0.3, -0.25) is 0 Å². The number of hydrogen-bond donors (Lipinski definition) is 2. The van der Waals surface area contributed by atoms with Gasteiger partial charge in [0, 0.05) is 31.9 Å². The molecule has 2 aromatic rings. The van der Waals surface area contributed by atoms with Crippen LogP contribution in [0.4, 0.5) is 9.93 Å². The highest BCUT2D eigenvalue weighted by molar-refractivity contribution is 7.18. The first-order valence-electron chi connectivity index (χ1n) is 10.4. The number of benzene rings is 1. The van der Waals surface area contributed by atoms with Crippen molar-refractivity contribution in [2.75, 3.05) is 24.5 Å². The lowest BCUT2D eigenvalue weighted by Crippen LogP contribution is -2.37. The van der Waals surface area contributed by atoms with Crippen LogP contribution in [0.15, 0.2) is 30.5 Å². The molecule has 1 aromatic carbocycles. The van der Waals surface area contributed by atoms with Crippen LogP contribution in [0.1, 0.15) is 32.8 Å². The molecular formula is C22H29N3O4S. The molecule has 0 unspecified atom stereocenters. The number of aliphatic hydroxyl groups excluding tert-OH is 1. The molecule has 7 nitrogen and oxygen atoms in total. The largest absolute Gasteiger partial charge is 0.509 e. The van der Waals surface area contributed by atoms with E-state index in [1.165, 1.54) is 6.42 Å². The monoisotopic (exact) mass is 431 g/mol. The number of aromatic nitrogens is 1. The number of aliphatic hydroxyl groups is 1. The highest BCUT2D eigenvalue weighted by Gasteiger charge is 2.38. The second-order valence-corrected chi connectivity index (χ2v) is 9.88. The van der Waals surface area contributed by atoms with Gasteiger partial charge < -0.3 is 24.8 Å². The van der Waals surface area contributed by atoms with E-state index in [1.807, 2.05) is 6.20 Å². The second-order valence-electron chi connectivity index (χ2n) is 8.87. The highest BCUT2D eigenvalue weighted by Crippen LogP contribution is 2.33. The summed E-state index contributed by atoms with van der Waals surface area (Å²) >= 11 is 1.72. The molecule has 3 heterocycles. The molecule has 0 aliphatic carbocycles. The molecule has 4 rings (SSSR count). The smallest absolute Gasteiger partial charge is 0.429 e. The van der Waals surface area contributed by atoms with Crippen molar-refractivity contribution in [1.29, 1.82) is 0 Å². The van der Waals surface area contributed by atoms with Crippen LogP contribution >= 0.6 is 11.3 Å². The van der Waals surface area contributed by atoms with Gasteiger partial charge in [-0.15, -0.1) is 0 Å². The van der Waals surface area contributed by atoms with Gasteiger partial charge in [0.2, 0.25) is 0 Å². The number of carbonyl (C=O) groups is 1. The Morgan fingerprint density at radius 2 is 2.03 bits per heavy atom. The lowest BCUT2D eigenvalue weighted by atomic mass is 10.0. The zero-order chi connectivity index (χ0) is 21.3. The SMILES string of the molecule is CC(C)(C)OC(=O)O[C@H]1CN[C@H](Cc2ccc(-c3cnc(N4CCC4)s3)cc2)[C@@H]1O. The van der Waals surface area contributed by atoms with Crippen LogP contribution in [0.3, 0.4) is 0 Å². The average Bonchev–Trinajstić information content (AvgIpc) is 3.22. The van der Waals surface area contributed by atoms with Gasteiger partial charge in [-0.1, -0.05) is 35.6 Å². The summed E-state index contributed by atoms with van der Waals surface area (Å²) in [5.74, 6) is 0. The molecular weight excluding hydrogens is 402 g/mol. The van der Waals surface area contributed by atoms with Gasteiger partial charge in [-0.05, 0) is 44.7 Å². The van der Waals surface area contributed by atoms with Crippen molar-refractivity contribution >= 4 is 22.6 Å². The molecule has 8 heteroatoms. The molecule has 162 valence electrons. The molecule has 30 heavy (non-hydrogen) atoms. The third-order valence-electron chi connectivity index (χ3n) is 5.33. The third kappa shape index (κ3) is 4.94. The first kappa shape index (κ1) is 21.1. The topological polar surface area (TPSA) is 83.9 Å². The van der Waals surface area contributed by atoms with Crippen LogP contribution < -0.4 is 10.2 Å². The number of rotatable bonds is 5. The minimum Gasteiger partial charge on any atom is -0.429 e. The molecule has 1 aromatic heterocycles. The number of nitrogens with one attached hydrogen (secondary N) is 1. The Morgan fingerprint density at radius 1 is 1.30 bits per heavy atom. The fraction of sp³-hybridized carbons (Fsp3) is 0.545. The van der Waals surface area contributed by atoms with Crippen LogP contribution in [-0.2, 0) is 15.9 Å². The van der Waals surface area contributed by atoms with E-state index in [-0.39, 0.29) is 6.04 Å². The molecule has 2 N–H and O–H groups in total. The number of carbonyl (C=O) groups excluding carboxylic acids is 1. The van der Waals surface area contributed by atoms with Crippen molar-refractivity contribution < 1.29 is 19.4 Å². The standard InChI is InChI=1S/C22H29N3O4S/c1-22(2,3)29-21(27)28-17-12-23-16(19(17)26)11-14-5-7-15(8-6-14)18-13-24-20(30-18)25-9-4-10-25/h5-8,13,16-17,19,23,26H,4,9-12H2,1-3H3/t16-,17+,19+/m1/s1. The Bertz CT molecular complexity index is 873. The Labute approximate surface area is 181 Å². The first-order chi connectivity index (χ1) is 14.3. The normalized spacial score (nSPS) is 23.9. The number of ether oxygens (including phenoxy) is 2. The van der Waals surface area contributed by atoms with E-state index < -0.39 is 24.0 Å². The number of nitrogens with zero attached hydrogens (tertiary/aromatic N) is 2. The van der Waals surface area contributed by atoms with Crippen LogP contribution in [0.5, 0.6) is 0 Å². The van der Waals surface area contributed by atoms with Gasteiger partial charge in [-0.2, -0.15) is 0 Å². The second kappa shape index (κ2) is 8.53. The van der Waals surface area contributed by atoms with Crippen LogP contribution in [-0.4, -0.2) is 59.7 Å². The molecule has 0 saturated carbocycles. The fourth-order valence-electron chi connectivity index (χ4n) is 3.58. The summed E-state index contributed by atoms with van der Waals surface area (Å²) in [5.41, 5.74) is 1.64. The predicted octanol–water partition coefficient (Wildman–Crippen LogP) is 3.22. The van der Waals surface area contributed by atoms with Gasteiger partial charge in [0.15, 0.2) is 5.13 Å². The van der Waals surface area contributed by atoms with E-state index >= 15 is 0 Å². The third-order valence-corrected chi connectivity index (χ3v) is 6.43. The van der Waals surface area contributed by atoms with Crippen molar-refractivity contribution in [3.05, 3.63) is 36.0 Å². The summed E-state index contributed by atoms with van der Waals surface area (Å²) in [6, 6.07) is 8.17. The molecule has 0 radical (unpaired) electrons. The Hall–Kier alpha value is -2.16. The number of anilines is 1. The summed E-state index contributed by atoms with van der Waals surface area (Å²) in [6.45, 7) is 7.94. The maximum Gasteiger partial charge on any atom is 0.509 e. The van der Waals surface area contributed by atoms with E-state index in [2.05, 4.69) is 39.5 Å². The average molecular weight is 432 g/mol. The Morgan fingerprint density at radius 3 is 2.67 bits per heavy atom. The number of thiazole rings is 1. The van der Waals surface area contributed by atoms with Crippen LogP contribution in [0.25, 0.3) is 10.4 Å². The van der Waals surface area contributed by atoms with Gasteiger partial charge >= 0.3 is 6.16 Å². The van der Waals surface area contributed by atoms with Crippen molar-refractivity contribution in [3.63, 3.8) is 0 Å². The summed E-state index contributed by atoms with van der Waals surface area (Å²) in [6.07, 6.45) is 1.69. The predicted molar refractivity (Wildman–Crippen MR) is 117 cm³/mol. The number of hydrogen-bond acceptors (Lipinski definition) is 8. The van der Waals surface area contributed by atoms with Crippen molar-refractivity contribution in [1.82, 2.24) is 10.3 Å². The van der Waals surface area contributed by atoms with Crippen molar-refractivity contribution in [2.24, 2.45) is 0 Å². The van der Waals surface area contributed by atoms with Crippen LogP contribution in [0, 0.1) is 0 Å². The maximum atomic E-state index is 11.9. The van der Waals surface area contributed by atoms with E-state index in [1.54, 1.807) is 32.1 Å². The lowest BCUT2D eigenvalue weighted by Gasteiger charge is -2.30. The molecule has 2 aliphatic heterocycles. The molecule has 2 aliphatic rings. The molecule has 0 bridgehead atoms. The lowest BCUT2D eigenvalue weighted by molar-refractivity contribution is -0.0486. The summed E-state index contributed by atoms with van der Waals surface area (Å²) < 4.78 is 10.5. The summed E-state index contributed by atoms with van der Waals surface area (Å²) in [5, 5.41) is 14.9. The quantitative estimate of drug-likeness (QED) is 0.703. The molecule has 3 atom stereocenters. The van der Waals surface area contributed by atoms with Crippen molar-refractivity contribution in [2.45, 2.75) is 57.5 Å². The van der Waals surface area contributed by atoms with Gasteiger partial charge in [0.1, 0.15) is 17.8 Å². The van der Waals surface area contributed by atoms with Crippen molar-refractivity contribution in [3.8, 4) is 10.4 Å². The molecule has 0 spiro atoms. The molecule has 2 fully saturated rings. The minimum atomic E-state index is -0.780. The Kier molecular flexibility index (Phi) is 5.99. The zero-order valence-electron chi connectivity index (χ0n) is 17.6. The molecule has 0 amide bonds. The van der Waals surface area contributed by atoms with E-state index in [4.69, 9.17) is 9.47 Å². The first-order valence-corrected chi connectivity index (χ1v) is 11.2.